The third-order valence-electron chi connectivity index (χ3n) is 5.76. The molecule has 2 aliphatic heterocycles. The molecule has 24 heavy (non-hydrogen) atoms. The van der Waals surface area contributed by atoms with Gasteiger partial charge in [-0.15, -0.1) is 0 Å². The zero-order valence-electron chi connectivity index (χ0n) is 14.2. The van der Waals surface area contributed by atoms with Crippen molar-refractivity contribution < 1.29 is 19.1 Å². The van der Waals surface area contributed by atoms with E-state index in [1.807, 2.05) is 23.2 Å². The summed E-state index contributed by atoms with van der Waals surface area (Å²) in [6.07, 6.45) is 0.443. The van der Waals surface area contributed by atoms with E-state index in [-0.39, 0.29) is 23.8 Å². The molecule has 2 saturated heterocycles. The fourth-order valence-electron chi connectivity index (χ4n) is 4.70. The first-order valence-electron chi connectivity index (χ1n) is 8.45. The molecule has 4 atom stereocenters. The van der Waals surface area contributed by atoms with Gasteiger partial charge in [-0.2, -0.15) is 0 Å². The lowest BCUT2D eigenvalue weighted by Gasteiger charge is -2.42. The number of ether oxygens (including phenoxy) is 2. The molecule has 128 valence electrons. The smallest absolute Gasteiger partial charge is 0.424 e. The largest absolute Gasteiger partial charge is 0.497 e. The molecular weight excluding hydrogens is 308 g/mol. The third-order valence-corrected chi connectivity index (χ3v) is 5.76. The van der Waals surface area contributed by atoms with Gasteiger partial charge in [-0.1, -0.05) is 6.07 Å². The number of nitrogens with zero attached hydrogens (tertiary/aromatic N) is 2. The average molecular weight is 330 g/mol. The lowest BCUT2D eigenvalue weighted by Crippen LogP contribution is -2.56. The number of carbonyl (C=O) groups excluding carboxylic acids is 2. The Morgan fingerprint density at radius 2 is 2.21 bits per heavy atom. The number of Topliss-reactive ketones (excluding diaryl/α,β-unsaturated/α-hetero) is 1. The summed E-state index contributed by atoms with van der Waals surface area (Å²) in [5.41, 5.74) is 1.36. The maximum absolute atomic E-state index is 13.2. The van der Waals surface area contributed by atoms with Gasteiger partial charge in [-0.3, -0.25) is 4.79 Å². The zero-order valence-corrected chi connectivity index (χ0v) is 14.2. The Balaban J connectivity index is 1.77. The van der Waals surface area contributed by atoms with Crippen LogP contribution in [-0.4, -0.2) is 54.7 Å². The van der Waals surface area contributed by atoms with Crippen LogP contribution in [0.2, 0.25) is 0 Å². The van der Waals surface area contributed by atoms with Gasteiger partial charge in [0.25, 0.3) is 0 Å². The second-order valence-corrected chi connectivity index (χ2v) is 6.92. The number of hydrazine groups is 1. The van der Waals surface area contributed by atoms with E-state index >= 15 is 0 Å². The van der Waals surface area contributed by atoms with Crippen molar-refractivity contribution in [3.05, 3.63) is 29.3 Å². The van der Waals surface area contributed by atoms with Crippen LogP contribution in [0, 0.1) is 5.41 Å². The normalized spacial score (nSPS) is 33.2. The number of hydrogen-bond donors (Lipinski definition) is 0. The lowest BCUT2D eigenvalue weighted by atomic mass is 9.73. The highest BCUT2D eigenvalue weighted by molar-refractivity contribution is 6.07. The minimum Gasteiger partial charge on any atom is -0.497 e. The minimum absolute atomic E-state index is 0.0245. The Morgan fingerprint density at radius 1 is 1.42 bits per heavy atom. The number of ketones is 1. The van der Waals surface area contributed by atoms with E-state index in [0.29, 0.717) is 25.4 Å². The average Bonchev–Trinajstić information content (AvgIpc) is 2.99. The van der Waals surface area contributed by atoms with E-state index in [4.69, 9.17) is 9.47 Å². The molecule has 2 bridgehead atoms. The number of fused-ring (bicyclic) bond motifs is 3. The van der Waals surface area contributed by atoms with Crippen LogP contribution in [0.15, 0.2) is 18.2 Å². The SMILES string of the molecule is CCOC(=O)N1CC2c3ccc(OC)cc3C(=O)[C@@]23C[C@H](C)N1C3. The van der Waals surface area contributed by atoms with Crippen LogP contribution >= 0.6 is 0 Å². The Bertz CT molecular complexity index is 719. The number of hydrogen-bond acceptors (Lipinski definition) is 5. The van der Waals surface area contributed by atoms with Crippen molar-refractivity contribution >= 4 is 11.9 Å². The van der Waals surface area contributed by atoms with Crippen LogP contribution < -0.4 is 4.74 Å². The maximum Gasteiger partial charge on any atom is 0.424 e. The predicted molar refractivity (Wildman–Crippen MR) is 87.0 cm³/mol. The van der Waals surface area contributed by atoms with Crippen molar-refractivity contribution in [1.82, 2.24) is 10.0 Å². The number of benzene rings is 1. The first kappa shape index (κ1) is 15.4. The standard InChI is InChI=1S/C18H22N2O4/c1-4-24-17(22)19-9-15-13-6-5-12(23-3)7-14(13)16(21)18(15)8-11(2)20(19)10-18/h5-7,11,15H,4,8-10H2,1-3H3/t11-,15?,18+/m0/s1. The fraction of sp³-hybridized carbons (Fsp3) is 0.556. The van der Waals surface area contributed by atoms with Gasteiger partial charge in [0.15, 0.2) is 5.78 Å². The molecule has 2 unspecified atom stereocenters. The molecule has 6 heteroatoms. The molecular formula is C18H22N2O4. The molecule has 1 aliphatic carbocycles. The second kappa shape index (κ2) is 5.21. The summed E-state index contributed by atoms with van der Waals surface area (Å²) in [6, 6.07) is 5.85. The Hall–Kier alpha value is -2.08. The first-order valence-corrected chi connectivity index (χ1v) is 8.45. The molecule has 2 fully saturated rings. The molecule has 0 aromatic heterocycles. The number of methoxy groups -OCH3 is 1. The van der Waals surface area contributed by atoms with Gasteiger partial charge in [0.1, 0.15) is 5.75 Å². The molecule has 0 saturated carbocycles. The number of carbonyl (C=O) groups is 2. The Morgan fingerprint density at radius 3 is 2.92 bits per heavy atom. The second-order valence-electron chi connectivity index (χ2n) is 6.92. The van der Waals surface area contributed by atoms with Gasteiger partial charge in [0, 0.05) is 30.6 Å². The van der Waals surface area contributed by atoms with Gasteiger partial charge in [0.05, 0.1) is 19.1 Å². The van der Waals surface area contributed by atoms with Crippen LogP contribution in [0.25, 0.3) is 0 Å². The summed E-state index contributed by atoms with van der Waals surface area (Å²) >= 11 is 0. The summed E-state index contributed by atoms with van der Waals surface area (Å²) < 4.78 is 10.5. The fourth-order valence-corrected chi connectivity index (χ4v) is 4.70. The van der Waals surface area contributed by atoms with Gasteiger partial charge in [0.2, 0.25) is 0 Å². The summed E-state index contributed by atoms with van der Waals surface area (Å²) in [4.78, 5) is 25.6. The highest BCUT2D eigenvalue weighted by Crippen LogP contribution is 2.57. The van der Waals surface area contributed by atoms with E-state index in [2.05, 4.69) is 6.92 Å². The summed E-state index contributed by atoms with van der Waals surface area (Å²) in [5, 5.41) is 3.70. The molecule has 1 aromatic rings. The van der Waals surface area contributed by atoms with Crippen molar-refractivity contribution in [3.8, 4) is 5.75 Å². The van der Waals surface area contributed by atoms with Crippen molar-refractivity contribution in [3.63, 3.8) is 0 Å². The highest BCUT2D eigenvalue weighted by Gasteiger charge is 2.63. The van der Waals surface area contributed by atoms with Gasteiger partial charge in [-0.25, -0.2) is 14.8 Å². The van der Waals surface area contributed by atoms with Crippen molar-refractivity contribution in [2.24, 2.45) is 5.41 Å². The summed E-state index contributed by atoms with van der Waals surface area (Å²) in [6.45, 7) is 5.29. The van der Waals surface area contributed by atoms with E-state index < -0.39 is 5.41 Å². The van der Waals surface area contributed by atoms with Crippen LogP contribution in [0.1, 0.15) is 42.1 Å². The topological polar surface area (TPSA) is 59.1 Å². The number of rotatable bonds is 2. The highest BCUT2D eigenvalue weighted by atomic mass is 16.6. The van der Waals surface area contributed by atoms with Crippen LogP contribution in [0.4, 0.5) is 4.79 Å². The summed E-state index contributed by atoms with van der Waals surface area (Å²) in [7, 11) is 1.61. The lowest BCUT2D eigenvalue weighted by molar-refractivity contribution is -0.0575. The molecule has 0 radical (unpaired) electrons. The van der Waals surface area contributed by atoms with Crippen molar-refractivity contribution in [1.29, 1.82) is 0 Å². The van der Waals surface area contributed by atoms with E-state index in [0.717, 1.165) is 17.5 Å². The number of amides is 1. The van der Waals surface area contributed by atoms with Crippen LogP contribution in [0.3, 0.4) is 0 Å². The predicted octanol–water partition coefficient (Wildman–Crippen LogP) is 2.44. The van der Waals surface area contributed by atoms with Crippen molar-refractivity contribution in [2.75, 3.05) is 26.8 Å². The molecule has 3 aliphatic rings. The van der Waals surface area contributed by atoms with E-state index in [1.54, 1.807) is 19.0 Å². The van der Waals surface area contributed by atoms with Crippen LogP contribution in [-0.2, 0) is 4.74 Å². The zero-order chi connectivity index (χ0) is 17.1. The Kier molecular flexibility index (Phi) is 3.35. The molecule has 1 amide bonds. The third kappa shape index (κ3) is 1.86. The van der Waals surface area contributed by atoms with Gasteiger partial charge >= 0.3 is 6.09 Å². The molecule has 6 nitrogen and oxygen atoms in total. The van der Waals surface area contributed by atoms with Gasteiger partial charge < -0.3 is 9.47 Å². The van der Waals surface area contributed by atoms with Gasteiger partial charge in [-0.05, 0) is 38.0 Å². The van der Waals surface area contributed by atoms with Crippen LogP contribution in [0.5, 0.6) is 5.75 Å². The Labute approximate surface area is 141 Å². The monoisotopic (exact) mass is 330 g/mol. The molecule has 1 aromatic carbocycles. The molecule has 1 spiro atoms. The molecule has 0 N–H and O–H groups in total. The first-order chi connectivity index (χ1) is 11.5. The summed E-state index contributed by atoms with van der Waals surface area (Å²) in [5.74, 6) is 0.915. The maximum atomic E-state index is 13.2. The van der Waals surface area contributed by atoms with E-state index in [9.17, 15) is 9.59 Å². The minimum atomic E-state index is -0.420. The molecule has 4 rings (SSSR count). The van der Waals surface area contributed by atoms with E-state index in [1.165, 1.54) is 0 Å². The molecule has 2 heterocycles. The quantitative estimate of drug-likeness (QED) is 0.833. The van der Waals surface area contributed by atoms with Crippen molar-refractivity contribution in [2.45, 2.75) is 32.2 Å².